The SMILES string of the molecule is CC(CCCCC(C)(C)C)C(=O)NC1COC1. The van der Waals surface area contributed by atoms with Gasteiger partial charge in [-0.3, -0.25) is 4.79 Å². The second-order valence-electron chi connectivity index (χ2n) is 6.45. The van der Waals surface area contributed by atoms with E-state index in [0.29, 0.717) is 18.6 Å². The molecule has 1 fully saturated rings. The minimum atomic E-state index is 0.135. The molecule has 1 unspecified atom stereocenters. The molecule has 0 radical (unpaired) electrons. The van der Waals surface area contributed by atoms with Gasteiger partial charge in [-0.25, -0.2) is 0 Å². The summed E-state index contributed by atoms with van der Waals surface area (Å²) >= 11 is 0. The van der Waals surface area contributed by atoms with Crippen LogP contribution in [0, 0.1) is 11.3 Å². The highest BCUT2D eigenvalue weighted by Gasteiger charge is 2.22. The number of ether oxygens (including phenoxy) is 1. The van der Waals surface area contributed by atoms with Crippen molar-refractivity contribution in [1.82, 2.24) is 5.32 Å². The Kier molecular flexibility index (Phi) is 5.44. The molecule has 0 aromatic carbocycles. The smallest absolute Gasteiger partial charge is 0.223 e. The maximum Gasteiger partial charge on any atom is 0.223 e. The molecule has 0 bridgehead atoms. The van der Waals surface area contributed by atoms with Crippen LogP contribution in [0.25, 0.3) is 0 Å². The number of unbranched alkanes of at least 4 members (excludes halogenated alkanes) is 1. The van der Waals surface area contributed by atoms with Crippen molar-refractivity contribution in [2.75, 3.05) is 13.2 Å². The fourth-order valence-corrected chi connectivity index (χ4v) is 1.90. The van der Waals surface area contributed by atoms with Crippen LogP contribution in [0.3, 0.4) is 0 Å². The van der Waals surface area contributed by atoms with E-state index in [1.165, 1.54) is 12.8 Å². The zero-order chi connectivity index (χ0) is 12.9. The summed E-state index contributed by atoms with van der Waals surface area (Å²) in [5.74, 6) is 0.324. The van der Waals surface area contributed by atoms with Crippen molar-refractivity contribution in [3.8, 4) is 0 Å². The third-order valence-corrected chi connectivity index (χ3v) is 3.25. The predicted molar refractivity (Wildman–Crippen MR) is 69.8 cm³/mol. The van der Waals surface area contributed by atoms with Crippen molar-refractivity contribution in [1.29, 1.82) is 0 Å². The van der Waals surface area contributed by atoms with Gasteiger partial charge in [0.25, 0.3) is 0 Å². The lowest BCUT2D eigenvalue weighted by Crippen LogP contribution is -2.50. The fourth-order valence-electron chi connectivity index (χ4n) is 1.90. The molecule has 17 heavy (non-hydrogen) atoms. The Morgan fingerprint density at radius 2 is 2.00 bits per heavy atom. The van der Waals surface area contributed by atoms with Crippen LogP contribution < -0.4 is 5.32 Å². The number of hydrogen-bond acceptors (Lipinski definition) is 2. The third-order valence-electron chi connectivity index (χ3n) is 3.25. The maximum absolute atomic E-state index is 11.8. The number of carbonyl (C=O) groups is 1. The highest BCUT2D eigenvalue weighted by Crippen LogP contribution is 2.23. The van der Waals surface area contributed by atoms with Gasteiger partial charge in [-0.2, -0.15) is 0 Å². The van der Waals surface area contributed by atoms with E-state index in [1.54, 1.807) is 0 Å². The van der Waals surface area contributed by atoms with Gasteiger partial charge in [-0.05, 0) is 18.3 Å². The quantitative estimate of drug-likeness (QED) is 0.726. The fraction of sp³-hybridized carbons (Fsp3) is 0.929. The van der Waals surface area contributed by atoms with Crippen molar-refractivity contribution >= 4 is 5.91 Å². The minimum Gasteiger partial charge on any atom is -0.377 e. The molecule has 0 saturated carbocycles. The minimum absolute atomic E-state index is 0.135. The Bertz CT molecular complexity index is 241. The molecule has 1 N–H and O–H groups in total. The first-order valence-electron chi connectivity index (χ1n) is 6.76. The molecule has 3 heteroatoms. The lowest BCUT2D eigenvalue weighted by atomic mass is 9.88. The van der Waals surface area contributed by atoms with Crippen LogP contribution in [0.2, 0.25) is 0 Å². The van der Waals surface area contributed by atoms with E-state index in [9.17, 15) is 4.79 Å². The Labute approximate surface area is 105 Å². The van der Waals surface area contributed by atoms with Gasteiger partial charge in [0.2, 0.25) is 5.91 Å². The summed E-state index contributed by atoms with van der Waals surface area (Å²) in [4.78, 5) is 11.8. The first-order valence-corrected chi connectivity index (χ1v) is 6.76. The molecular formula is C14H27NO2. The summed E-state index contributed by atoms with van der Waals surface area (Å²) < 4.78 is 5.04. The predicted octanol–water partition coefficient (Wildman–Crippen LogP) is 2.74. The summed E-state index contributed by atoms with van der Waals surface area (Å²) in [5, 5.41) is 3.01. The summed E-state index contributed by atoms with van der Waals surface area (Å²) in [5.41, 5.74) is 0.411. The van der Waals surface area contributed by atoms with Crippen LogP contribution in [0.5, 0.6) is 0 Å². The van der Waals surface area contributed by atoms with Crippen LogP contribution in [0.4, 0.5) is 0 Å². The number of hydrogen-bond donors (Lipinski definition) is 1. The maximum atomic E-state index is 11.8. The Morgan fingerprint density at radius 1 is 1.35 bits per heavy atom. The van der Waals surface area contributed by atoms with Crippen LogP contribution >= 0.6 is 0 Å². The lowest BCUT2D eigenvalue weighted by molar-refractivity contribution is -0.128. The highest BCUT2D eigenvalue weighted by atomic mass is 16.5. The molecule has 0 aromatic rings. The van der Waals surface area contributed by atoms with Crippen molar-refractivity contribution in [2.45, 2.75) is 59.4 Å². The average molecular weight is 241 g/mol. The van der Waals surface area contributed by atoms with Gasteiger partial charge >= 0.3 is 0 Å². The van der Waals surface area contributed by atoms with Gasteiger partial charge in [0.1, 0.15) is 0 Å². The normalized spacial score (nSPS) is 18.6. The molecule has 1 heterocycles. The van der Waals surface area contributed by atoms with Crippen molar-refractivity contribution in [2.24, 2.45) is 11.3 Å². The van der Waals surface area contributed by atoms with Gasteiger partial charge in [0.15, 0.2) is 0 Å². The second kappa shape index (κ2) is 6.39. The number of carbonyl (C=O) groups excluding carboxylic acids is 1. The first kappa shape index (κ1) is 14.5. The molecule has 1 amide bonds. The first-order chi connectivity index (χ1) is 7.88. The van der Waals surface area contributed by atoms with E-state index < -0.39 is 0 Å². The van der Waals surface area contributed by atoms with E-state index in [1.807, 2.05) is 6.92 Å². The molecule has 0 aromatic heterocycles. The van der Waals surface area contributed by atoms with Gasteiger partial charge in [-0.15, -0.1) is 0 Å². The molecule has 1 aliphatic rings. The topological polar surface area (TPSA) is 38.3 Å². The third kappa shape index (κ3) is 6.06. The van der Waals surface area contributed by atoms with Crippen LogP contribution in [0.1, 0.15) is 53.4 Å². The average Bonchev–Trinajstić information content (AvgIpc) is 2.16. The highest BCUT2D eigenvalue weighted by molar-refractivity contribution is 5.78. The van der Waals surface area contributed by atoms with Gasteiger partial charge in [-0.1, -0.05) is 40.5 Å². The Morgan fingerprint density at radius 3 is 2.47 bits per heavy atom. The van der Waals surface area contributed by atoms with Gasteiger partial charge in [0, 0.05) is 5.92 Å². The number of rotatable bonds is 6. The Hall–Kier alpha value is -0.570. The summed E-state index contributed by atoms with van der Waals surface area (Å²) in [6.45, 7) is 10.2. The van der Waals surface area contributed by atoms with Crippen molar-refractivity contribution in [3.63, 3.8) is 0 Å². The zero-order valence-electron chi connectivity index (χ0n) is 11.7. The summed E-state index contributed by atoms with van der Waals surface area (Å²) in [7, 11) is 0. The Balaban J connectivity index is 2.07. The van der Waals surface area contributed by atoms with Crippen LogP contribution in [-0.4, -0.2) is 25.2 Å². The molecule has 3 nitrogen and oxygen atoms in total. The molecule has 100 valence electrons. The van der Waals surface area contributed by atoms with E-state index in [2.05, 4.69) is 26.1 Å². The van der Waals surface area contributed by atoms with Crippen molar-refractivity contribution in [3.05, 3.63) is 0 Å². The molecular weight excluding hydrogens is 214 g/mol. The number of nitrogens with one attached hydrogen (secondary N) is 1. The molecule has 1 saturated heterocycles. The molecule has 0 aliphatic carbocycles. The largest absolute Gasteiger partial charge is 0.377 e. The summed E-state index contributed by atoms with van der Waals surface area (Å²) in [6.07, 6.45) is 4.59. The van der Waals surface area contributed by atoms with Crippen LogP contribution in [-0.2, 0) is 9.53 Å². The lowest BCUT2D eigenvalue weighted by Gasteiger charge is -2.28. The van der Waals surface area contributed by atoms with Crippen molar-refractivity contribution < 1.29 is 9.53 Å². The summed E-state index contributed by atoms with van der Waals surface area (Å²) in [6, 6.07) is 0.263. The monoisotopic (exact) mass is 241 g/mol. The van der Waals surface area contributed by atoms with E-state index in [0.717, 1.165) is 12.8 Å². The molecule has 1 atom stereocenters. The van der Waals surface area contributed by atoms with E-state index in [4.69, 9.17) is 4.74 Å². The molecule has 0 spiro atoms. The molecule has 1 aliphatic heterocycles. The van der Waals surface area contributed by atoms with Gasteiger partial charge in [0.05, 0.1) is 19.3 Å². The standard InChI is InChI=1S/C14H27NO2/c1-11(7-5-6-8-14(2,3)4)13(16)15-12-9-17-10-12/h11-12H,5-10H2,1-4H3,(H,15,16). The molecule has 1 rings (SSSR count). The second-order valence-corrected chi connectivity index (χ2v) is 6.45. The zero-order valence-corrected chi connectivity index (χ0v) is 11.7. The van der Waals surface area contributed by atoms with Gasteiger partial charge < -0.3 is 10.1 Å². The van der Waals surface area contributed by atoms with Crippen LogP contribution in [0.15, 0.2) is 0 Å². The number of amides is 1. The van der Waals surface area contributed by atoms with E-state index in [-0.39, 0.29) is 17.9 Å². The van der Waals surface area contributed by atoms with E-state index >= 15 is 0 Å².